The molecule has 2 aliphatic heterocycles. The Bertz CT molecular complexity index is 1310. The van der Waals surface area contributed by atoms with Crippen LogP contribution in [0.2, 0.25) is 0 Å². The standard InChI is InChI=1S/C21H24F4N4O2.C4H4N2O/c1-14-13-31-11-10-27(14)18-12-19(30)29-9-7-17(21(23,24)25)28(20(29)26-18)8-6-15-2-4-16(22)5-3-15;7-4-1-2-5-3-6-4/h2-5,12,14,17H,6-11,13H2,1H3;1-3H,(H,5,6,7)/t14-,17+;/m1./s1. The second-order valence-corrected chi connectivity index (χ2v) is 9.04. The Hall–Kier alpha value is -3.74. The molecule has 3 aromatic rings. The molecular formula is C25H28F4N6O3. The Morgan fingerprint density at radius 3 is 2.50 bits per heavy atom. The summed E-state index contributed by atoms with van der Waals surface area (Å²) in [6.07, 6.45) is -1.63. The molecule has 5 rings (SSSR count). The molecule has 2 aliphatic rings. The van der Waals surface area contributed by atoms with Gasteiger partial charge in [0.2, 0.25) is 5.95 Å². The third kappa shape index (κ3) is 6.57. The first-order chi connectivity index (χ1) is 18.1. The molecule has 9 nitrogen and oxygen atoms in total. The lowest BCUT2D eigenvalue weighted by atomic mass is 10.1. The number of halogens is 4. The summed E-state index contributed by atoms with van der Waals surface area (Å²) in [4.78, 5) is 36.5. The van der Waals surface area contributed by atoms with Gasteiger partial charge in [-0.3, -0.25) is 14.2 Å². The number of benzene rings is 1. The summed E-state index contributed by atoms with van der Waals surface area (Å²) in [6.45, 7) is 3.31. The average Bonchev–Trinajstić information content (AvgIpc) is 2.88. The number of H-pyrrole nitrogens is 1. The van der Waals surface area contributed by atoms with Crippen LogP contribution in [0.4, 0.5) is 29.3 Å². The van der Waals surface area contributed by atoms with Crippen LogP contribution in [0.3, 0.4) is 0 Å². The maximum Gasteiger partial charge on any atom is 0.408 e. The minimum absolute atomic E-state index is 0.00433. The molecule has 0 spiro atoms. The monoisotopic (exact) mass is 536 g/mol. The summed E-state index contributed by atoms with van der Waals surface area (Å²) in [5.41, 5.74) is 0.223. The van der Waals surface area contributed by atoms with Crippen LogP contribution in [0.1, 0.15) is 18.9 Å². The second kappa shape index (κ2) is 11.8. The summed E-state index contributed by atoms with van der Waals surface area (Å²) in [5.74, 6) is -0.0173. The Morgan fingerprint density at radius 2 is 1.89 bits per heavy atom. The molecule has 0 radical (unpaired) electrons. The summed E-state index contributed by atoms with van der Waals surface area (Å²) in [7, 11) is 0. The van der Waals surface area contributed by atoms with Gasteiger partial charge in [0.1, 0.15) is 17.7 Å². The summed E-state index contributed by atoms with van der Waals surface area (Å²) in [6, 6.07) is 6.62. The van der Waals surface area contributed by atoms with Crippen molar-refractivity contribution in [3.63, 3.8) is 0 Å². The van der Waals surface area contributed by atoms with Gasteiger partial charge in [0.05, 0.1) is 25.6 Å². The van der Waals surface area contributed by atoms with Crippen LogP contribution in [-0.2, 0) is 17.7 Å². The number of hydrogen-bond donors (Lipinski definition) is 1. The summed E-state index contributed by atoms with van der Waals surface area (Å²) in [5, 5.41) is 0. The number of nitrogens with zero attached hydrogens (tertiary/aromatic N) is 5. The molecule has 2 atom stereocenters. The van der Waals surface area contributed by atoms with Crippen molar-refractivity contribution >= 4 is 11.8 Å². The number of aromatic amines is 1. The molecule has 4 heterocycles. The fourth-order valence-electron chi connectivity index (χ4n) is 4.47. The zero-order valence-corrected chi connectivity index (χ0v) is 20.7. The van der Waals surface area contributed by atoms with E-state index in [0.29, 0.717) is 31.1 Å². The number of ether oxygens (including phenoxy) is 1. The molecule has 0 amide bonds. The van der Waals surface area contributed by atoms with Crippen molar-refractivity contribution in [3.05, 3.63) is 81.0 Å². The Balaban J connectivity index is 0.000000417. The van der Waals surface area contributed by atoms with Gasteiger partial charge in [-0.1, -0.05) is 12.1 Å². The average molecular weight is 537 g/mol. The van der Waals surface area contributed by atoms with Gasteiger partial charge in [-0.25, -0.2) is 9.37 Å². The third-order valence-corrected chi connectivity index (χ3v) is 6.42. The van der Waals surface area contributed by atoms with Crippen molar-refractivity contribution in [1.29, 1.82) is 0 Å². The highest BCUT2D eigenvalue weighted by molar-refractivity contribution is 5.47. The number of fused-ring (bicyclic) bond motifs is 1. The largest absolute Gasteiger partial charge is 0.408 e. The molecule has 0 unspecified atom stereocenters. The molecular weight excluding hydrogens is 508 g/mol. The predicted molar refractivity (Wildman–Crippen MR) is 133 cm³/mol. The molecule has 0 aliphatic carbocycles. The van der Waals surface area contributed by atoms with Crippen molar-refractivity contribution in [1.82, 2.24) is 19.5 Å². The van der Waals surface area contributed by atoms with Crippen molar-refractivity contribution < 1.29 is 22.3 Å². The molecule has 1 aromatic carbocycles. The molecule has 204 valence electrons. The van der Waals surface area contributed by atoms with Crippen LogP contribution < -0.4 is 20.9 Å². The second-order valence-electron chi connectivity index (χ2n) is 9.04. The molecule has 1 N–H and O–H groups in total. The quantitative estimate of drug-likeness (QED) is 0.513. The summed E-state index contributed by atoms with van der Waals surface area (Å²) < 4.78 is 61.4. The first kappa shape index (κ1) is 27.3. The lowest BCUT2D eigenvalue weighted by molar-refractivity contribution is -0.152. The van der Waals surface area contributed by atoms with E-state index in [9.17, 15) is 27.2 Å². The SMILES string of the molecule is C[C@@H]1COCCN1c1cc(=O)n2c(n1)N(CCc1ccc(F)cc1)[C@H](C(F)(F)F)CC2.O=c1ccnc[nH]1. The van der Waals surface area contributed by atoms with E-state index >= 15 is 0 Å². The number of anilines is 2. The van der Waals surface area contributed by atoms with Crippen molar-refractivity contribution in [2.24, 2.45) is 0 Å². The van der Waals surface area contributed by atoms with E-state index in [-0.39, 0.29) is 49.0 Å². The molecule has 0 bridgehead atoms. The maximum atomic E-state index is 13.8. The van der Waals surface area contributed by atoms with E-state index in [4.69, 9.17) is 4.74 Å². The van der Waals surface area contributed by atoms with Crippen LogP contribution in [0.15, 0.2) is 58.5 Å². The van der Waals surface area contributed by atoms with E-state index in [1.165, 1.54) is 46.3 Å². The van der Waals surface area contributed by atoms with Crippen LogP contribution >= 0.6 is 0 Å². The van der Waals surface area contributed by atoms with E-state index in [0.717, 1.165) is 0 Å². The zero-order valence-electron chi connectivity index (χ0n) is 20.7. The minimum Gasteiger partial charge on any atom is -0.377 e. The van der Waals surface area contributed by atoms with Crippen LogP contribution in [0.25, 0.3) is 0 Å². The Kier molecular flexibility index (Phi) is 8.45. The Labute approximate surface area is 215 Å². The number of aromatic nitrogens is 4. The van der Waals surface area contributed by atoms with Gasteiger partial charge in [-0.2, -0.15) is 18.2 Å². The van der Waals surface area contributed by atoms with Gasteiger partial charge in [-0.15, -0.1) is 0 Å². The van der Waals surface area contributed by atoms with E-state index in [1.54, 1.807) is 12.1 Å². The number of rotatable bonds is 4. The lowest BCUT2D eigenvalue weighted by Gasteiger charge is -2.40. The van der Waals surface area contributed by atoms with Crippen molar-refractivity contribution in [3.8, 4) is 0 Å². The third-order valence-electron chi connectivity index (χ3n) is 6.42. The number of morpholine rings is 1. The first-order valence-electron chi connectivity index (χ1n) is 12.2. The highest BCUT2D eigenvalue weighted by Gasteiger charge is 2.46. The van der Waals surface area contributed by atoms with Crippen LogP contribution in [0.5, 0.6) is 0 Å². The van der Waals surface area contributed by atoms with Crippen molar-refractivity contribution in [2.45, 2.75) is 44.6 Å². The normalized spacial score (nSPS) is 19.4. The highest BCUT2D eigenvalue weighted by Crippen LogP contribution is 2.34. The molecule has 1 fully saturated rings. The molecule has 1 saturated heterocycles. The lowest BCUT2D eigenvalue weighted by Crippen LogP contribution is -2.53. The van der Waals surface area contributed by atoms with E-state index in [2.05, 4.69) is 15.0 Å². The fraction of sp³-hybridized carbons (Fsp3) is 0.440. The van der Waals surface area contributed by atoms with Gasteiger partial charge in [-0.05, 0) is 37.5 Å². The molecule has 0 saturated carbocycles. The number of hydrogen-bond acceptors (Lipinski definition) is 7. The van der Waals surface area contributed by atoms with Gasteiger partial charge < -0.3 is 19.5 Å². The smallest absolute Gasteiger partial charge is 0.377 e. The first-order valence-corrected chi connectivity index (χ1v) is 12.2. The Morgan fingerprint density at radius 1 is 1.13 bits per heavy atom. The van der Waals surface area contributed by atoms with Crippen LogP contribution in [-0.4, -0.2) is 64.1 Å². The summed E-state index contributed by atoms with van der Waals surface area (Å²) >= 11 is 0. The topological polar surface area (TPSA) is 96.3 Å². The maximum absolute atomic E-state index is 13.8. The van der Waals surface area contributed by atoms with Crippen molar-refractivity contribution in [2.75, 3.05) is 36.1 Å². The predicted octanol–water partition coefficient (Wildman–Crippen LogP) is 2.76. The van der Waals surface area contributed by atoms with E-state index in [1.807, 2.05) is 11.8 Å². The minimum atomic E-state index is -4.46. The number of nitrogens with one attached hydrogen (secondary N) is 1. The van der Waals surface area contributed by atoms with Gasteiger partial charge in [0.15, 0.2) is 0 Å². The van der Waals surface area contributed by atoms with Gasteiger partial charge in [0, 0.05) is 38.0 Å². The van der Waals surface area contributed by atoms with Gasteiger partial charge in [0.25, 0.3) is 11.1 Å². The highest BCUT2D eigenvalue weighted by atomic mass is 19.4. The van der Waals surface area contributed by atoms with E-state index < -0.39 is 18.0 Å². The fourth-order valence-corrected chi connectivity index (χ4v) is 4.47. The molecule has 2 aromatic heterocycles. The van der Waals surface area contributed by atoms with Crippen LogP contribution in [0, 0.1) is 5.82 Å². The molecule has 38 heavy (non-hydrogen) atoms. The molecule has 13 heteroatoms. The van der Waals surface area contributed by atoms with Gasteiger partial charge >= 0.3 is 6.18 Å². The zero-order chi connectivity index (χ0) is 27.3. The number of alkyl halides is 3.